The van der Waals surface area contributed by atoms with Crippen molar-refractivity contribution in [3.05, 3.63) is 215 Å². The maximum atomic E-state index is 2.43. The van der Waals surface area contributed by atoms with Crippen LogP contribution in [0.25, 0.3) is 43.8 Å². The standard InChI is InChI=1S/C48H33N/c1-4-14-32(15-5-1)45-41-28-34-16-10-12-18-36(34)30-43(41)48-46(42-29-35-17-11-13-19-37(35)31-44(42)47(45)48)33-24-26-40(27-25-33)49(38-20-6-2-7-21-38)39-22-8-3-9-23-39/h1-2,4-8,10-31H,3,9H2. The third-order valence-corrected chi connectivity index (χ3v) is 10.3. The van der Waals surface area contributed by atoms with Crippen molar-refractivity contribution in [1.29, 1.82) is 0 Å². The molecule has 0 atom stereocenters. The highest BCUT2D eigenvalue weighted by Crippen LogP contribution is 2.59. The van der Waals surface area contributed by atoms with Crippen LogP contribution in [-0.2, 0) is 0 Å². The van der Waals surface area contributed by atoms with E-state index in [0.717, 1.165) is 18.5 Å². The zero-order chi connectivity index (χ0) is 32.3. The van der Waals surface area contributed by atoms with Gasteiger partial charge in [0.2, 0.25) is 0 Å². The Morgan fingerprint density at radius 3 is 1.29 bits per heavy atom. The van der Waals surface area contributed by atoms with Crippen molar-refractivity contribution in [2.75, 3.05) is 4.90 Å². The van der Waals surface area contributed by atoms with Gasteiger partial charge >= 0.3 is 0 Å². The first kappa shape index (κ1) is 27.9. The van der Waals surface area contributed by atoms with E-state index in [-0.39, 0.29) is 0 Å². The van der Waals surface area contributed by atoms with Gasteiger partial charge in [-0.2, -0.15) is 0 Å². The number of nitrogens with zero attached hydrogens (tertiary/aromatic N) is 1. The monoisotopic (exact) mass is 623 g/mol. The molecule has 7 aromatic carbocycles. The number of para-hydroxylation sites is 1. The van der Waals surface area contributed by atoms with Gasteiger partial charge < -0.3 is 4.90 Å². The fourth-order valence-corrected chi connectivity index (χ4v) is 8.14. The minimum absolute atomic E-state index is 1.06. The summed E-state index contributed by atoms with van der Waals surface area (Å²) in [5.74, 6) is 0. The van der Waals surface area contributed by atoms with Crippen LogP contribution in [0.3, 0.4) is 0 Å². The number of benzene rings is 7. The van der Waals surface area contributed by atoms with Gasteiger partial charge in [-0.15, -0.1) is 0 Å². The molecule has 10 rings (SSSR count). The van der Waals surface area contributed by atoms with Crippen molar-refractivity contribution in [2.45, 2.75) is 12.8 Å². The molecule has 1 nitrogen and oxygen atoms in total. The lowest BCUT2D eigenvalue weighted by atomic mass is 9.89. The molecule has 7 aromatic rings. The van der Waals surface area contributed by atoms with E-state index in [1.54, 1.807) is 0 Å². The summed E-state index contributed by atoms with van der Waals surface area (Å²) in [6.45, 7) is 0. The van der Waals surface area contributed by atoms with E-state index in [0.29, 0.717) is 0 Å². The van der Waals surface area contributed by atoms with E-state index in [1.807, 2.05) is 0 Å². The van der Waals surface area contributed by atoms with Crippen LogP contribution in [0, 0.1) is 0 Å². The SMILES string of the molecule is C1=CC(N(c2ccccc2)c2ccc(C3=C4C(=C(c5ccccc5)c5cc6ccccc6cc54)c4cc5ccccc5cc43)cc2)=CCC1. The van der Waals surface area contributed by atoms with E-state index >= 15 is 0 Å². The van der Waals surface area contributed by atoms with Crippen molar-refractivity contribution in [1.82, 2.24) is 0 Å². The van der Waals surface area contributed by atoms with Gasteiger partial charge in [0.1, 0.15) is 0 Å². The van der Waals surface area contributed by atoms with Crippen LogP contribution >= 0.6 is 0 Å². The molecule has 49 heavy (non-hydrogen) atoms. The summed E-state index contributed by atoms with van der Waals surface area (Å²) in [5.41, 5.74) is 16.6. The Labute approximate surface area is 287 Å². The molecule has 0 amide bonds. The third kappa shape index (κ3) is 4.47. The number of hydrogen-bond donors (Lipinski definition) is 0. The zero-order valence-electron chi connectivity index (χ0n) is 27.1. The average molecular weight is 624 g/mol. The summed E-state index contributed by atoms with van der Waals surface area (Å²) in [6.07, 6.45) is 9.04. The molecule has 0 aromatic heterocycles. The van der Waals surface area contributed by atoms with Gasteiger partial charge in [0.25, 0.3) is 0 Å². The summed E-state index contributed by atoms with van der Waals surface area (Å²) >= 11 is 0. The summed E-state index contributed by atoms with van der Waals surface area (Å²) in [7, 11) is 0. The predicted molar refractivity (Wildman–Crippen MR) is 208 cm³/mol. The highest BCUT2D eigenvalue weighted by molar-refractivity contribution is 6.36. The second kappa shape index (κ2) is 11.2. The molecule has 3 aliphatic carbocycles. The maximum Gasteiger partial charge on any atom is 0.0461 e. The average Bonchev–Trinajstić information content (AvgIpc) is 3.66. The van der Waals surface area contributed by atoms with Gasteiger partial charge in [-0.25, -0.2) is 0 Å². The van der Waals surface area contributed by atoms with Crippen molar-refractivity contribution in [3.63, 3.8) is 0 Å². The molecule has 0 spiro atoms. The van der Waals surface area contributed by atoms with Crippen molar-refractivity contribution < 1.29 is 0 Å². The Morgan fingerprint density at radius 2 is 0.796 bits per heavy atom. The minimum atomic E-state index is 1.06. The van der Waals surface area contributed by atoms with Crippen molar-refractivity contribution in [3.8, 4) is 0 Å². The highest BCUT2D eigenvalue weighted by Gasteiger charge is 2.38. The van der Waals surface area contributed by atoms with Crippen LogP contribution in [0.4, 0.5) is 11.4 Å². The lowest BCUT2D eigenvalue weighted by Crippen LogP contribution is -2.16. The quantitative estimate of drug-likeness (QED) is 0.184. The van der Waals surface area contributed by atoms with Gasteiger partial charge in [-0.3, -0.25) is 0 Å². The van der Waals surface area contributed by atoms with Gasteiger partial charge in [0, 0.05) is 17.1 Å². The maximum absolute atomic E-state index is 2.43. The summed E-state index contributed by atoms with van der Waals surface area (Å²) in [5, 5.41) is 5.08. The number of hydrogen-bond acceptors (Lipinski definition) is 1. The van der Waals surface area contributed by atoms with Crippen LogP contribution in [0.5, 0.6) is 0 Å². The largest absolute Gasteiger partial charge is 0.311 e. The van der Waals surface area contributed by atoms with Crippen LogP contribution in [0.1, 0.15) is 46.2 Å². The molecule has 3 aliphatic rings. The Balaban J connectivity index is 1.24. The predicted octanol–water partition coefficient (Wildman–Crippen LogP) is 12.6. The van der Waals surface area contributed by atoms with Crippen LogP contribution < -0.4 is 4.90 Å². The molecular weight excluding hydrogens is 591 g/mol. The minimum Gasteiger partial charge on any atom is -0.311 e. The summed E-state index contributed by atoms with van der Waals surface area (Å²) in [4.78, 5) is 2.38. The van der Waals surface area contributed by atoms with E-state index in [9.17, 15) is 0 Å². The number of rotatable bonds is 5. The van der Waals surface area contributed by atoms with Crippen LogP contribution in [0.15, 0.2) is 182 Å². The van der Waals surface area contributed by atoms with E-state index < -0.39 is 0 Å². The fraction of sp³-hybridized carbons (Fsp3) is 0.0417. The van der Waals surface area contributed by atoms with E-state index in [4.69, 9.17) is 0 Å². The first-order valence-electron chi connectivity index (χ1n) is 17.3. The molecule has 0 aliphatic heterocycles. The molecule has 0 N–H and O–H groups in total. The fourth-order valence-electron chi connectivity index (χ4n) is 8.14. The summed E-state index contributed by atoms with van der Waals surface area (Å²) in [6, 6.07) is 58.2. The molecule has 0 unspecified atom stereocenters. The molecule has 230 valence electrons. The van der Waals surface area contributed by atoms with Crippen LogP contribution in [0.2, 0.25) is 0 Å². The van der Waals surface area contributed by atoms with Crippen molar-refractivity contribution >= 4 is 55.2 Å². The normalized spacial score (nSPS) is 14.7. The third-order valence-electron chi connectivity index (χ3n) is 10.3. The van der Waals surface area contributed by atoms with Gasteiger partial charge in [-0.05, 0) is 145 Å². The molecule has 0 heterocycles. The second-order valence-corrected chi connectivity index (χ2v) is 13.2. The van der Waals surface area contributed by atoms with Gasteiger partial charge in [0.05, 0.1) is 0 Å². The molecule has 0 saturated heterocycles. The first-order chi connectivity index (χ1) is 24.3. The number of fused-ring (bicyclic) bond motifs is 7. The Morgan fingerprint density at radius 1 is 0.367 bits per heavy atom. The van der Waals surface area contributed by atoms with Gasteiger partial charge in [0.15, 0.2) is 0 Å². The van der Waals surface area contributed by atoms with Gasteiger partial charge in [-0.1, -0.05) is 121 Å². The Hall–Kier alpha value is -6.18. The lowest BCUT2D eigenvalue weighted by Gasteiger charge is -2.28. The lowest BCUT2D eigenvalue weighted by molar-refractivity contribution is 0.997. The Bertz CT molecular complexity index is 2560. The van der Waals surface area contributed by atoms with E-state index in [2.05, 4.69) is 181 Å². The molecular formula is C48H33N. The van der Waals surface area contributed by atoms with E-state index in [1.165, 1.54) is 88.6 Å². The Kier molecular flexibility index (Phi) is 6.38. The highest BCUT2D eigenvalue weighted by atomic mass is 15.1. The smallest absolute Gasteiger partial charge is 0.0461 e. The molecule has 0 fully saturated rings. The summed E-state index contributed by atoms with van der Waals surface area (Å²) < 4.78 is 0. The molecule has 0 saturated carbocycles. The molecule has 1 heteroatoms. The second-order valence-electron chi connectivity index (χ2n) is 13.2. The van der Waals surface area contributed by atoms with Crippen molar-refractivity contribution in [2.24, 2.45) is 0 Å². The topological polar surface area (TPSA) is 3.24 Å². The first-order valence-corrected chi connectivity index (χ1v) is 17.3. The number of allylic oxidation sites excluding steroid dienone is 5. The number of anilines is 2. The van der Waals surface area contributed by atoms with Crippen LogP contribution in [-0.4, -0.2) is 0 Å². The molecule has 0 bridgehead atoms. The zero-order valence-corrected chi connectivity index (χ0v) is 27.1. The molecule has 0 radical (unpaired) electrons.